The Hall–Kier alpha value is -1.10. The molecule has 2 heterocycles. The van der Waals surface area contributed by atoms with E-state index in [4.69, 9.17) is 4.74 Å². The number of rotatable bonds is 7. The summed E-state index contributed by atoms with van der Waals surface area (Å²) >= 11 is 0. The third-order valence-electron chi connectivity index (χ3n) is 4.80. The van der Waals surface area contributed by atoms with Crippen LogP contribution in [0.4, 0.5) is 0 Å². The first-order valence-corrected chi connectivity index (χ1v) is 8.43. The number of halogens is 1. The molecule has 0 saturated carbocycles. The van der Waals surface area contributed by atoms with Crippen molar-refractivity contribution in [3.63, 3.8) is 0 Å². The molecule has 5 heteroatoms. The van der Waals surface area contributed by atoms with Gasteiger partial charge in [0.2, 0.25) is 5.91 Å². The van der Waals surface area contributed by atoms with Gasteiger partial charge >= 0.3 is 0 Å². The van der Waals surface area contributed by atoms with Crippen LogP contribution in [0, 0.1) is 11.8 Å². The zero-order valence-corrected chi connectivity index (χ0v) is 14.4. The number of hydrogen-bond acceptors (Lipinski definition) is 3. The molecule has 0 bridgehead atoms. The van der Waals surface area contributed by atoms with Gasteiger partial charge in [0.1, 0.15) is 0 Å². The number of ether oxygens (including phenoxy) is 1. The van der Waals surface area contributed by atoms with Crippen LogP contribution in [0.5, 0.6) is 0 Å². The van der Waals surface area contributed by atoms with Crippen molar-refractivity contribution < 1.29 is 9.53 Å². The second-order valence-corrected chi connectivity index (χ2v) is 6.43. The molecular formula is C18H27ClN2O2. The average Bonchev–Trinajstić information content (AvgIpc) is 3.13. The van der Waals surface area contributed by atoms with E-state index in [1.165, 1.54) is 5.56 Å². The molecule has 1 aromatic rings. The van der Waals surface area contributed by atoms with Gasteiger partial charge in [0.15, 0.2) is 0 Å². The van der Waals surface area contributed by atoms with E-state index in [1.54, 1.807) is 0 Å². The lowest BCUT2D eigenvalue weighted by Crippen LogP contribution is -2.31. The second-order valence-electron chi connectivity index (χ2n) is 6.43. The summed E-state index contributed by atoms with van der Waals surface area (Å²) in [4.78, 5) is 14.2. The fourth-order valence-electron chi connectivity index (χ4n) is 3.48. The molecule has 128 valence electrons. The molecule has 2 aliphatic rings. The highest BCUT2D eigenvalue weighted by atomic mass is 35.5. The van der Waals surface area contributed by atoms with Gasteiger partial charge in [0.25, 0.3) is 0 Å². The van der Waals surface area contributed by atoms with Crippen LogP contribution in [-0.2, 0) is 16.0 Å². The summed E-state index contributed by atoms with van der Waals surface area (Å²) in [6.45, 7) is 5.48. The molecule has 2 saturated heterocycles. The third kappa shape index (κ3) is 5.20. The number of nitrogens with one attached hydrogen (secondary N) is 1. The minimum absolute atomic E-state index is 0. The van der Waals surface area contributed by atoms with Crippen LogP contribution >= 0.6 is 12.4 Å². The first-order valence-electron chi connectivity index (χ1n) is 8.43. The van der Waals surface area contributed by atoms with Gasteiger partial charge in [-0.25, -0.2) is 0 Å². The van der Waals surface area contributed by atoms with E-state index in [-0.39, 0.29) is 12.4 Å². The fraction of sp³-hybridized carbons (Fsp3) is 0.611. The van der Waals surface area contributed by atoms with Crippen LogP contribution in [0.3, 0.4) is 0 Å². The van der Waals surface area contributed by atoms with Crippen molar-refractivity contribution in [1.82, 2.24) is 10.2 Å². The van der Waals surface area contributed by atoms with E-state index < -0.39 is 0 Å². The van der Waals surface area contributed by atoms with Gasteiger partial charge in [-0.05, 0) is 30.2 Å². The zero-order valence-electron chi connectivity index (χ0n) is 13.6. The molecule has 1 N–H and O–H groups in total. The number of carbonyl (C=O) groups is 1. The van der Waals surface area contributed by atoms with Crippen molar-refractivity contribution in [2.45, 2.75) is 19.3 Å². The number of amides is 1. The highest BCUT2D eigenvalue weighted by Crippen LogP contribution is 2.26. The quantitative estimate of drug-likeness (QED) is 0.774. The van der Waals surface area contributed by atoms with Gasteiger partial charge in [-0.3, -0.25) is 4.79 Å². The summed E-state index contributed by atoms with van der Waals surface area (Å²) in [5.74, 6) is 1.68. The summed E-state index contributed by atoms with van der Waals surface area (Å²) in [7, 11) is 0. The number of benzene rings is 1. The van der Waals surface area contributed by atoms with Crippen molar-refractivity contribution >= 4 is 18.3 Å². The first-order chi connectivity index (χ1) is 10.8. The number of fused-ring (bicyclic) bond motifs is 1. The zero-order chi connectivity index (χ0) is 15.2. The molecule has 2 aliphatic heterocycles. The van der Waals surface area contributed by atoms with Crippen LogP contribution in [-0.4, -0.2) is 50.2 Å². The average molecular weight is 339 g/mol. The normalized spacial score (nSPS) is 22.7. The lowest BCUT2D eigenvalue weighted by molar-refractivity contribution is -0.130. The lowest BCUT2D eigenvalue weighted by atomic mass is 10.0. The molecule has 2 fully saturated rings. The Morgan fingerprint density at radius 1 is 1.13 bits per heavy atom. The van der Waals surface area contributed by atoms with Crippen molar-refractivity contribution in [2.24, 2.45) is 11.8 Å². The minimum atomic E-state index is 0. The Morgan fingerprint density at radius 2 is 1.83 bits per heavy atom. The molecule has 23 heavy (non-hydrogen) atoms. The second kappa shape index (κ2) is 9.26. The minimum Gasteiger partial charge on any atom is -0.381 e. The maximum Gasteiger partial charge on any atom is 0.222 e. The maximum atomic E-state index is 12.2. The topological polar surface area (TPSA) is 41.6 Å². The third-order valence-corrected chi connectivity index (χ3v) is 4.80. The largest absolute Gasteiger partial charge is 0.381 e. The smallest absolute Gasteiger partial charge is 0.222 e. The van der Waals surface area contributed by atoms with E-state index in [2.05, 4.69) is 34.5 Å². The van der Waals surface area contributed by atoms with E-state index in [9.17, 15) is 4.79 Å². The SMILES string of the molecule is Cl.O=C(CCCOCCc1ccccc1)N1C[C@H]2CNC[C@H]2C1. The summed E-state index contributed by atoms with van der Waals surface area (Å²) in [6.07, 6.45) is 2.40. The summed E-state index contributed by atoms with van der Waals surface area (Å²) < 4.78 is 5.64. The Morgan fingerprint density at radius 3 is 2.52 bits per heavy atom. The number of carbonyl (C=O) groups excluding carboxylic acids is 1. The summed E-state index contributed by atoms with van der Waals surface area (Å²) in [5, 5.41) is 3.41. The highest BCUT2D eigenvalue weighted by Gasteiger charge is 2.37. The highest BCUT2D eigenvalue weighted by molar-refractivity contribution is 5.85. The Kier molecular flexibility index (Phi) is 7.34. The van der Waals surface area contributed by atoms with Crippen LogP contribution in [0.1, 0.15) is 18.4 Å². The van der Waals surface area contributed by atoms with Crippen LogP contribution < -0.4 is 5.32 Å². The predicted molar refractivity (Wildman–Crippen MR) is 93.9 cm³/mol. The van der Waals surface area contributed by atoms with Crippen molar-refractivity contribution in [3.05, 3.63) is 35.9 Å². The van der Waals surface area contributed by atoms with Crippen LogP contribution in [0.15, 0.2) is 30.3 Å². The number of likely N-dealkylation sites (tertiary alicyclic amines) is 1. The lowest BCUT2D eigenvalue weighted by Gasteiger charge is -2.17. The molecule has 4 nitrogen and oxygen atoms in total. The van der Waals surface area contributed by atoms with E-state index in [1.807, 2.05) is 6.07 Å². The summed E-state index contributed by atoms with van der Waals surface area (Å²) in [5.41, 5.74) is 1.30. The van der Waals surface area contributed by atoms with Crippen LogP contribution in [0.25, 0.3) is 0 Å². The van der Waals surface area contributed by atoms with Crippen LogP contribution in [0.2, 0.25) is 0 Å². The number of hydrogen-bond donors (Lipinski definition) is 1. The Balaban J connectivity index is 0.00000192. The molecular weight excluding hydrogens is 312 g/mol. The van der Waals surface area contributed by atoms with E-state index >= 15 is 0 Å². The molecule has 0 unspecified atom stereocenters. The molecule has 0 spiro atoms. The predicted octanol–water partition coefficient (Wildman–Crippen LogP) is 2.13. The van der Waals surface area contributed by atoms with Crippen molar-refractivity contribution in [3.8, 4) is 0 Å². The van der Waals surface area contributed by atoms with Gasteiger partial charge in [0, 0.05) is 39.2 Å². The standard InChI is InChI=1S/C18H26N2O2.ClH/c21-18(20-13-16-11-19-12-17(16)14-20)7-4-9-22-10-8-15-5-2-1-3-6-15;/h1-3,5-6,16-17,19H,4,7-14H2;1H/t16-,17+;. The first kappa shape index (κ1) is 18.2. The van der Waals surface area contributed by atoms with Gasteiger partial charge in [-0.2, -0.15) is 0 Å². The summed E-state index contributed by atoms with van der Waals surface area (Å²) in [6, 6.07) is 10.4. The van der Waals surface area contributed by atoms with Gasteiger partial charge in [0.05, 0.1) is 6.61 Å². The van der Waals surface area contributed by atoms with Gasteiger partial charge in [-0.15, -0.1) is 12.4 Å². The van der Waals surface area contributed by atoms with Gasteiger partial charge < -0.3 is 15.0 Å². The molecule has 2 atom stereocenters. The fourth-order valence-corrected chi connectivity index (χ4v) is 3.48. The maximum absolute atomic E-state index is 12.2. The Labute approximate surface area is 145 Å². The molecule has 1 aromatic carbocycles. The molecule has 0 aromatic heterocycles. The molecule has 1 amide bonds. The van der Waals surface area contributed by atoms with E-state index in [0.717, 1.165) is 45.6 Å². The monoisotopic (exact) mass is 338 g/mol. The molecule has 0 radical (unpaired) electrons. The number of nitrogens with zero attached hydrogens (tertiary/aromatic N) is 1. The Bertz CT molecular complexity index is 471. The molecule has 0 aliphatic carbocycles. The van der Waals surface area contributed by atoms with E-state index in [0.29, 0.717) is 30.8 Å². The van der Waals surface area contributed by atoms with Crippen molar-refractivity contribution in [2.75, 3.05) is 39.4 Å². The molecule has 3 rings (SSSR count). The van der Waals surface area contributed by atoms with Gasteiger partial charge in [-0.1, -0.05) is 30.3 Å². The van der Waals surface area contributed by atoms with Crippen molar-refractivity contribution in [1.29, 1.82) is 0 Å².